The zero-order chi connectivity index (χ0) is 17.3. The molecular weight excluding hydrogens is 318 g/mol. The van der Waals surface area contributed by atoms with E-state index in [0.717, 1.165) is 44.2 Å². The summed E-state index contributed by atoms with van der Waals surface area (Å²) in [7, 11) is 0. The molecule has 0 aliphatic carbocycles. The third-order valence-corrected chi connectivity index (χ3v) is 4.62. The molecule has 5 rings (SSSR count). The van der Waals surface area contributed by atoms with Gasteiger partial charge in [0.15, 0.2) is 0 Å². The van der Waals surface area contributed by atoms with Gasteiger partial charge in [0, 0.05) is 35.1 Å². The summed E-state index contributed by atoms with van der Waals surface area (Å²) in [5.74, 6) is 0. The molecule has 0 saturated carbocycles. The fraction of sp³-hybridized carbons (Fsp3) is 0. The minimum Gasteiger partial charge on any atom is -0.256 e. The van der Waals surface area contributed by atoms with Gasteiger partial charge in [-0.2, -0.15) is 0 Å². The first-order chi connectivity index (χ1) is 12.9. The van der Waals surface area contributed by atoms with Crippen LogP contribution < -0.4 is 0 Å². The van der Waals surface area contributed by atoms with E-state index < -0.39 is 0 Å². The Morgan fingerprint density at radius 2 is 0.962 bits per heavy atom. The van der Waals surface area contributed by atoms with Gasteiger partial charge in [-0.3, -0.25) is 15.0 Å². The molecule has 0 spiro atoms. The van der Waals surface area contributed by atoms with Gasteiger partial charge in [0.25, 0.3) is 0 Å². The first-order valence-corrected chi connectivity index (χ1v) is 8.56. The SMILES string of the molecule is c1ccc(-c2c3ccccc3c(-c3ccccn3)c3ncccc23)nc1. The lowest BCUT2D eigenvalue weighted by Gasteiger charge is -2.15. The standard InChI is InChI=1S/C23H15N3/c1-2-9-17-16(8-1)21(19-11-3-5-13-24-19)18-10-7-15-26-23(18)22(17)20-12-4-6-14-25-20/h1-15H. The van der Waals surface area contributed by atoms with Crippen LogP contribution in [0, 0.1) is 0 Å². The molecular formula is C23H15N3. The zero-order valence-corrected chi connectivity index (χ0v) is 14.0. The Labute approximate surface area is 151 Å². The monoisotopic (exact) mass is 333 g/mol. The number of aromatic nitrogens is 3. The van der Waals surface area contributed by atoms with Gasteiger partial charge >= 0.3 is 0 Å². The van der Waals surface area contributed by atoms with Crippen LogP contribution in [-0.2, 0) is 0 Å². The minimum atomic E-state index is 0.931. The number of rotatable bonds is 2. The summed E-state index contributed by atoms with van der Waals surface area (Å²) in [5, 5.41) is 3.39. The second-order valence-electron chi connectivity index (χ2n) is 6.13. The first-order valence-electron chi connectivity index (χ1n) is 8.56. The van der Waals surface area contributed by atoms with E-state index in [9.17, 15) is 0 Å². The molecule has 0 bridgehead atoms. The van der Waals surface area contributed by atoms with Crippen LogP contribution in [0.2, 0.25) is 0 Å². The zero-order valence-electron chi connectivity index (χ0n) is 14.0. The lowest BCUT2D eigenvalue weighted by molar-refractivity contribution is 1.32. The molecule has 0 radical (unpaired) electrons. The molecule has 2 aromatic carbocycles. The number of pyridine rings is 3. The van der Waals surface area contributed by atoms with Gasteiger partial charge in [0.2, 0.25) is 0 Å². The molecule has 3 heterocycles. The lowest BCUT2D eigenvalue weighted by atomic mass is 9.91. The van der Waals surface area contributed by atoms with E-state index in [0.29, 0.717) is 0 Å². The third-order valence-electron chi connectivity index (χ3n) is 4.62. The second-order valence-corrected chi connectivity index (χ2v) is 6.13. The van der Waals surface area contributed by atoms with E-state index in [2.05, 4.69) is 46.4 Å². The van der Waals surface area contributed by atoms with E-state index in [1.165, 1.54) is 0 Å². The Morgan fingerprint density at radius 1 is 0.423 bits per heavy atom. The highest BCUT2D eigenvalue weighted by Crippen LogP contribution is 2.41. The van der Waals surface area contributed by atoms with Gasteiger partial charge in [-0.25, -0.2) is 0 Å². The molecule has 26 heavy (non-hydrogen) atoms. The van der Waals surface area contributed by atoms with Gasteiger partial charge in [0.1, 0.15) is 0 Å². The molecule has 0 fully saturated rings. The van der Waals surface area contributed by atoms with E-state index in [4.69, 9.17) is 4.98 Å². The topological polar surface area (TPSA) is 38.7 Å². The van der Waals surface area contributed by atoms with Crippen LogP contribution in [0.1, 0.15) is 0 Å². The largest absolute Gasteiger partial charge is 0.256 e. The van der Waals surface area contributed by atoms with Gasteiger partial charge in [0.05, 0.1) is 16.9 Å². The molecule has 5 aromatic rings. The van der Waals surface area contributed by atoms with Crippen LogP contribution in [0.15, 0.2) is 91.4 Å². The van der Waals surface area contributed by atoms with Crippen molar-refractivity contribution in [2.75, 3.05) is 0 Å². The predicted molar refractivity (Wildman–Crippen MR) is 106 cm³/mol. The summed E-state index contributed by atoms with van der Waals surface area (Å²) < 4.78 is 0. The van der Waals surface area contributed by atoms with E-state index >= 15 is 0 Å². The van der Waals surface area contributed by atoms with Crippen LogP contribution in [0.3, 0.4) is 0 Å². The van der Waals surface area contributed by atoms with Gasteiger partial charge in [-0.1, -0.05) is 42.5 Å². The molecule has 3 aromatic heterocycles. The third kappa shape index (κ3) is 2.25. The van der Waals surface area contributed by atoms with Crippen molar-refractivity contribution in [3.63, 3.8) is 0 Å². The molecule has 0 amide bonds. The number of hydrogen-bond acceptors (Lipinski definition) is 3. The number of benzene rings is 2. The normalized spacial score (nSPS) is 11.1. The molecule has 0 N–H and O–H groups in total. The quantitative estimate of drug-likeness (QED) is 0.400. The van der Waals surface area contributed by atoms with Crippen molar-refractivity contribution in [1.82, 2.24) is 15.0 Å². The molecule has 122 valence electrons. The number of fused-ring (bicyclic) bond motifs is 2. The summed E-state index contributed by atoms with van der Waals surface area (Å²) in [6.45, 7) is 0. The molecule has 0 aliphatic heterocycles. The predicted octanol–water partition coefficient (Wildman–Crippen LogP) is 5.51. The van der Waals surface area contributed by atoms with Crippen molar-refractivity contribution in [1.29, 1.82) is 0 Å². The maximum atomic E-state index is 4.73. The number of nitrogens with zero attached hydrogens (tertiary/aromatic N) is 3. The molecule has 0 unspecified atom stereocenters. The fourth-order valence-electron chi connectivity index (χ4n) is 3.55. The highest BCUT2D eigenvalue weighted by atomic mass is 14.7. The molecule has 0 atom stereocenters. The lowest BCUT2D eigenvalue weighted by Crippen LogP contribution is -1.94. The molecule has 0 saturated heterocycles. The van der Waals surface area contributed by atoms with Crippen LogP contribution in [0.5, 0.6) is 0 Å². The van der Waals surface area contributed by atoms with E-state index in [1.54, 1.807) is 0 Å². The summed E-state index contributed by atoms with van der Waals surface area (Å²) >= 11 is 0. The maximum Gasteiger partial charge on any atom is 0.0809 e. The maximum absolute atomic E-state index is 4.73. The number of hydrogen-bond donors (Lipinski definition) is 0. The van der Waals surface area contributed by atoms with Crippen molar-refractivity contribution in [2.24, 2.45) is 0 Å². The van der Waals surface area contributed by atoms with Crippen molar-refractivity contribution in [3.05, 3.63) is 91.4 Å². The van der Waals surface area contributed by atoms with Crippen LogP contribution >= 0.6 is 0 Å². The van der Waals surface area contributed by atoms with Gasteiger partial charge in [-0.15, -0.1) is 0 Å². The molecule has 0 aliphatic rings. The second kappa shape index (κ2) is 6.05. The minimum absolute atomic E-state index is 0.931. The summed E-state index contributed by atoms with van der Waals surface area (Å²) in [4.78, 5) is 13.9. The van der Waals surface area contributed by atoms with Gasteiger partial charge in [-0.05, 0) is 41.1 Å². The van der Waals surface area contributed by atoms with Crippen molar-refractivity contribution >= 4 is 21.7 Å². The Hall–Kier alpha value is -3.59. The first kappa shape index (κ1) is 14.7. The molecule has 3 nitrogen and oxygen atoms in total. The average molecular weight is 333 g/mol. The smallest absolute Gasteiger partial charge is 0.0809 e. The highest BCUT2D eigenvalue weighted by Gasteiger charge is 2.17. The Bertz CT molecular complexity index is 1060. The summed E-state index contributed by atoms with van der Waals surface area (Å²) in [6.07, 6.45) is 5.50. The summed E-state index contributed by atoms with van der Waals surface area (Å²) in [6, 6.07) is 24.5. The van der Waals surface area contributed by atoms with Crippen LogP contribution in [0.25, 0.3) is 44.2 Å². The van der Waals surface area contributed by atoms with Gasteiger partial charge < -0.3 is 0 Å². The Morgan fingerprint density at radius 3 is 1.62 bits per heavy atom. The van der Waals surface area contributed by atoms with E-state index in [1.807, 2.05) is 55.0 Å². The van der Waals surface area contributed by atoms with Crippen molar-refractivity contribution in [3.8, 4) is 22.5 Å². The van der Waals surface area contributed by atoms with Crippen LogP contribution in [-0.4, -0.2) is 15.0 Å². The fourth-order valence-corrected chi connectivity index (χ4v) is 3.55. The Balaban J connectivity index is 2.02. The highest BCUT2D eigenvalue weighted by molar-refractivity contribution is 6.19. The van der Waals surface area contributed by atoms with Crippen molar-refractivity contribution < 1.29 is 0 Å². The summed E-state index contributed by atoms with van der Waals surface area (Å²) in [5.41, 5.74) is 5.01. The van der Waals surface area contributed by atoms with Crippen LogP contribution in [0.4, 0.5) is 0 Å². The average Bonchev–Trinajstić information content (AvgIpc) is 2.73. The Kier molecular flexibility index (Phi) is 3.42. The van der Waals surface area contributed by atoms with E-state index in [-0.39, 0.29) is 0 Å². The molecule has 3 heteroatoms. The van der Waals surface area contributed by atoms with Crippen molar-refractivity contribution in [2.45, 2.75) is 0 Å².